The van der Waals surface area contributed by atoms with E-state index in [9.17, 15) is 19.2 Å². The van der Waals surface area contributed by atoms with E-state index in [1.54, 1.807) is 23.6 Å². The van der Waals surface area contributed by atoms with Crippen LogP contribution in [-0.2, 0) is 23.9 Å². The van der Waals surface area contributed by atoms with Crippen LogP contribution in [0.5, 0.6) is 5.75 Å². The summed E-state index contributed by atoms with van der Waals surface area (Å²) in [6.45, 7) is 18.6. The van der Waals surface area contributed by atoms with Crippen molar-refractivity contribution in [3.8, 4) is 5.75 Å². The summed E-state index contributed by atoms with van der Waals surface area (Å²) >= 11 is 0. The number of hydrogen-bond acceptors (Lipinski definition) is 8. The van der Waals surface area contributed by atoms with E-state index in [0.29, 0.717) is 61.6 Å². The second-order valence-electron chi connectivity index (χ2n) is 17.3. The van der Waals surface area contributed by atoms with E-state index in [2.05, 4.69) is 18.7 Å². The van der Waals surface area contributed by atoms with Crippen LogP contribution in [0.4, 0.5) is 16.2 Å². The van der Waals surface area contributed by atoms with Gasteiger partial charge in [-0.25, -0.2) is 4.79 Å². The van der Waals surface area contributed by atoms with Crippen molar-refractivity contribution in [1.82, 2.24) is 9.80 Å². The van der Waals surface area contributed by atoms with Gasteiger partial charge in [-0.05, 0) is 137 Å². The normalized spacial score (nSPS) is 20.8. The van der Waals surface area contributed by atoms with Gasteiger partial charge in [0, 0.05) is 56.9 Å². The van der Waals surface area contributed by atoms with Gasteiger partial charge in [-0.1, -0.05) is 13.8 Å². The maximum atomic E-state index is 14.7. The summed E-state index contributed by atoms with van der Waals surface area (Å²) in [6.07, 6.45) is 5.48. The molecule has 1 saturated carbocycles. The van der Waals surface area contributed by atoms with Crippen LogP contribution in [0.1, 0.15) is 107 Å². The number of carbonyl (C=O) groups is 4. The SMILES string of the molecule is CCOC[C@H](CCCC(=O)[C@H]1C[C@@H](C(=O)N(c2ccc3c(c2)N(CCCN(C)C)C(=O)C(C)(C)O3)C2CC2)CN(C(=O)OC(C)(C)C)C1)CC(C)C. The Bertz CT molecular complexity index is 1400. The number of amides is 3. The summed E-state index contributed by atoms with van der Waals surface area (Å²) in [7, 11) is 4.02. The Labute approximate surface area is 312 Å². The summed E-state index contributed by atoms with van der Waals surface area (Å²) in [6, 6.07) is 5.67. The molecule has 0 spiro atoms. The average Bonchev–Trinajstić information content (AvgIpc) is 3.89. The number of anilines is 2. The maximum Gasteiger partial charge on any atom is 0.410 e. The van der Waals surface area contributed by atoms with Gasteiger partial charge in [-0.2, -0.15) is 0 Å². The number of Topliss-reactive ketones (excluding diaryl/α,β-unsaturated/α-hetero) is 1. The molecule has 0 aromatic heterocycles. The summed E-state index contributed by atoms with van der Waals surface area (Å²) < 4.78 is 17.7. The topological polar surface area (TPSA) is 109 Å². The van der Waals surface area contributed by atoms with Gasteiger partial charge in [0.05, 0.1) is 11.6 Å². The van der Waals surface area contributed by atoms with Gasteiger partial charge < -0.3 is 33.8 Å². The monoisotopic (exact) mass is 726 g/mol. The second-order valence-corrected chi connectivity index (χ2v) is 17.3. The first-order chi connectivity index (χ1) is 24.4. The van der Waals surface area contributed by atoms with E-state index in [1.807, 2.05) is 64.9 Å². The molecule has 0 unspecified atom stereocenters. The molecular formula is C41H66N4O7. The van der Waals surface area contributed by atoms with Crippen LogP contribution in [-0.4, -0.2) is 104 Å². The number of piperidine rings is 1. The zero-order valence-corrected chi connectivity index (χ0v) is 33.7. The van der Waals surface area contributed by atoms with E-state index in [-0.39, 0.29) is 36.7 Å². The Kier molecular flexibility index (Phi) is 14.2. The minimum absolute atomic E-state index is 0.0127. The Hall–Kier alpha value is -3.18. The molecule has 1 aliphatic carbocycles. The minimum atomic E-state index is -1.01. The zero-order valence-electron chi connectivity index (χ0n) is 33.7. The first kappa shape index (κ1) is 41.6. The van der Waals surface area contributed by atoms with E-state index in [0.717, 1.165) is 45.1 Å². The Morgan fingerprint density at radius 1 is 1.06 bits per heavy atom. The van der Waals surface area contributed by atoms with Crippen molar-refractivity contribution in [2.45, 2.75) is 124 Å². The van der Waals surface area contributed by atoms with E-state index < -0.39 is 29.1 Å². The fraction of sp³-hybridized carbons (Fsp3) is 0.756. The van der Waals surface area contributed by atoms with Gasteiger partial charge in [0.1, 0.15) is 17.1 Å². The summed E-state index contributed by atoms with van der Waals surface area (Å²) in [4.78, 5) is 62.9. The van der Waals surface area contributed by atoms with Crippen LogP contribution in [0.2, 0.25) is 0 Å². The third-order valence-corrected chi connectivity index (χ3v) is 10.1. The molecule has 292 valence electrons. The Balaban J connectivity index is 1.57. The van der Waals surface area contributed by atoms with Crippen LogP contribution < -0.4 is 14.5 Å². The number of ether oxygens (including phenoxy) is 3. The highest BCUT2D eigenvalue weighted by Crippen LogP contribution is 2.43. The Morgan fingerprint density at radius 2 is 1.75 bits per heavy atom. The molecule has 0 radical (unpaired) electrons. The van der Waals surface area contributed by atoms with Crippen molar-refractivity contribution in [2.75, 3.05) is 63.3 Å². The predicted octanol–water partition coefficient (Wildman–Crippen LogP) is 6.95. The smallest absolute Gasteiger partial charge is 0.410 e. The average molecular weight is 727 g/mol. The molecule has 2 heterocycles. The van der Waals surface area contributed by atoms with Crippen molar-refractivity contribution in [3.63, 3.8) is 0 Å². The Morgan fingerprint density at radius 3 is 2.37 bits per heavy atom. The molecule has 2 aliphatic heterocycles. The number of likely N-dealkylation sites (tertiary alicyclic amines) is 1. The highest BCUT2D eigenvalue weighted by Gasteiger charge is 2.45. The molecule has 1 aromatic rings. The molecule has 1 saturated heterocycles. The van der Waals surface area contributed by atoms with Crippen LogP contribution in [0.15, 0.2) is 18.2 Å². The van der Waals surface area contributed by atoms with Crippen LogP contribution in [0, 0.1) is 23.7 Å². The highest BCUT2D eigenvalue weighted by atomic mass is 16.6. The number of rotatable bonds is 17. The summed E-state index contributed by atoms with van der Waals surface area (Å²) in [5.41, 5.74) is -0.366. The first-order valence-electron chi connectivity index (χ1n) is 19.6. The van der Waals surface area contributed by atoms with Crippen molar-refractivity contribution < 1.29 is 33.4 Å². The number of fused-ring (bicyclic) bond motifs is 1. The van der Waals surface area contributed by atoms with Crippen molar-refractivity contribution >= 4 is 35.1 Å². The van der Waals surface area contributed by atoms with Crippen molar-refractivity contribution in [3.05, 3.63) is 18.2 Å². The lowest BCUT2D eigenvalue weighted by Crippen LogP contribution is -2.53. The standard InChI is InChI=1S/C41H66N4O7/c1-11-50-27-29(22-28(2)3)14-12-15-35(46)30-23-31(26-43(25-30)39(49)52-40(4,5)6)37(47)45(32-16-17-32)33-18-19-36-34(24-33)44(21-13-20-42(9)10)38(48)41(7,8)51-36/h18-19,24,28-32H,11-17,20-23,25-27H2,1-10H3/t29-,30+,31-/m1/s1. The summed E-state index contributed by atoms with van der Waals surface area (Å²) in [5.74, 6) is 0.374. The molecule has 3 aliphatic rings. The molecule has 4 rings (SSSR count). The van der Waals surface area contributed by atoms with Gasteiger partial charge in [0.2, 0.25) is 5.91 Å². The molecular weight excluding hydrogens is 660 g/mol. The molecule has 0 N–H and O–H groups in total. The van der Waals surface area contributed by atoms with Gasteiger partial charge >= 0.3 is 6.09 Å². The van der Waals surface area contributed by atoms with Crippen molar-refractivity contribution in [2.24, 2.45) is 23.7 Å². The molecule has 3 atom stereocenters. The minimum Gasteiger partial charge on any atom is -0.476 e. The number of nitrogens with zero attached hydrogens (tertiary/aromatic N) is 4. The molecule has 52 heavy (non-hydrogen) atoms. The fourth-order valence-electron chi connectivity index (χ4n) is 7.50. The van der Waals surface area contributed by atoms with Crippen LogP contribution in [0.3, 0.4) is 0 Å². The molecule has 1 aromatic carbocycles. The third kappa shape index (κ3) is 11.4. The lowest BCUT2D eigenvalue weighted by Gasteiger charge is -2.40. The van der Waals surface area contributed by atoms with E-state index >= 15 is 0 Å². The molecule has 0 bridgehead atoms. The fourth-order valence-corrected chi connectivity index (χ4v) is 7.50. The molecule has 11 heteroatoms. The maximum absolute atomic E-state index is 14.7. The van der Waals surface area contributed by atoms with Crippen LogP contribution >= 0.6 is 0 Å². The van der Waals surface area contributed by atoms with E-state index in [4.69, 9.17) is 14.2 Å². The van der Waals surface area contributed by atoms with E-state index in [1.165, 1.54) is 0 Å². The number of ketones is 1. The zero-order chi connectivity index (χ0) is 38.4. The van der Waals surface area contributed by atoms with Crippen LogP contribution in [0.25, 0.3) is 0 Å². The predicted molar refractivity (Wildman–Crippen MR) is 205 cm³/mol. The van der Waals surface area contributed by atoms with Gasteiger partial charge in [-0.3, -0.25) is 14.4 Å². The highest BCUT2D eigenvalue weighted by molar-refractivity contribution is 6.04. The lowest BCUT2D eigenvalue weighted by molar-refractivity contribution is -0.132. The molecule has 3 amide bonds. The number of benzene rings is 1. The largest absolute Gasteiger partial charge is 0.476 e. The second kappa shape index (κ2) is 17.8. The first-order valence-corrected chi connectivity index (χ1v) is 19.6. The quantitative estimate of drug-likeness (QED) is 0.170. The van der Waals surface area contributed by atoms with Gasteiger partial charge in [0.25, 0.3) is 5.91 Å². The van der Waals surface area contributed by atoms with Crippen molar-refractivity contribution in [1.29, 1.82) is 0 Å². The number of hydrogen-bond donors (Lipinski definition) is 0. The van der Waals surface area contributed by atoms with Gasteiger partial charge in [0.15, 0.2) is 5.60 Å². The lowest BCUT2D eigenvalue weighted by atomic mass is 9.83. The van der Waals surface area contributed by atoms with Gasteiger partial charge in [-0.15, -0.1) is 0 Å². The molecule has 11 nitrogen and oxygen atoms in total. The molecule has 2 fully saturated rings. The third-order valence-electron chi connectivity index (χ3n) is 10.1. The number of carbonyl (C=O) groups excluding carboxylic acids is 4. The summed E-state index contributed by atoms with van der Waals surface area (Å²) in [5, 5.41) is 0.